The van der Waals surface area contributed by atoms with E-state index in [2.05, 4.69) is 31.4 Å². The van der Waals surface area contributed by atoms with Crippen LogP contribution >= 0.6 is 15.9 Å². The van der Waals surface area contributed by atoms with Crippen molar-refractivity contribution in [3.63, 3.8) is 0 Å². The van der Waals surface area contributed by atoms with Crippen LogP contribution in [0.5, 0.6) is 0 Å². The van der Waals surface area contributed by atoms with E-state index in [1.54, 1.807) is 6.07 Å². The summed E-state index contributed by atoms with van der Waals surface area (Å²) in [5, 5.41) is 7.28. The standard InChI is InChI=1S/C13H13BrFN3O/c14-10-5-4-8(15)7-9(10)12-17-13(19-18-12)11-3-1-2-6-16-11/h4-5,7,11,16H,1-3,6H2/t11-/m0/s1. The molecule has 2 aromatic rings. The Balaban J connectivity index is 1.89. The topological polar surface area (TPSA) is 51.0 Å². The first kappa shape index (κ1) is 12.7. The number of benzene rings is 1. The van der Waals surface area contributed by atoms with Gasteiger partial charge in [-0.15, -0.1) is 0 Å². The summed E-state index contributed by atoms with van der Waals surface area (Å²) in [7, 11) is 0. The van der Waals surface area contributed by atoms with Crippen LogP contribution in [0.3, 0.4) is 0 Å². The molecule has 1 N–H and O–H groups in total. The van der Waals surface area contributed by atoms with E-state index < -0.39 is 0 Å². The molecule has 0 unspecified atom stereocenters. The normalized spacial score (nSPS) is 19.6. The van der Waals surface area contributed by atoms with E-state index in [0.717, 1.165) is 23.9 Å². The summed E-state index contributed by atoms with van der Waals surface area (Å²) < 4.78 is 19.3. The van der Waals surface area contributed by atoms with Crippen molar-refractivity contribution in [2.45, 2.75) is 25.3 Å². The van der Waals surface area contributed by atoms with Crippen molar-refractivity contribution in [3.05, 3.63) is 34.4 Å². The molecule has 0 aliphatic carbocycles. The average Bonchev–Trinajstić information content (AvgIpc) is 2.92. The highest BCUT2D eigenvalue weighted by molar-refractivity contribution is 9.10. The Hall–Kier alpha value is -1.27. The van der Waals surface area contributed by atoms with Gasteiger partial charge in [-0.3, -0.25) is 0 Å². The molecule has 6 heteroatoms. The predicted molar refractivity (Wildman–Crippen MR) is 72.0 cm³/mol. The van der Waals surface area contributed by atoms with Gasteiger partial charge in [0.1, 0.15) is 5.82 Å². The molecule has 1 atom stereocenters. The zero-order chi connectivity index (χ0) is 13.2. The number of nitrogens with one attached hydrogen (secondary N) is 1. The van der Waals surface area contributed by atoms with Crippen LogP contribution in [0.15, 0.2) is 27.2 Å². The zero-order valence-electron chi connectivity index (χ0n) is 10.2. The van der Waals surface area contributed by atoms with Crippen molar-refractivity contribution in [1.82, 2.24) is 15.5 Å². The molecule has 1 fully saturated rings. The summed E-state index contributed by atoms with van der Waals surface area (Å²) in [6.07, 6.45) is 3.32. The van der Waals surface area contributed by atoms with Gasteiger partial charge in [-0.25, -0.2) is 4.39 Å². The van der Waals surface area contributed by atoms with Crippen LogP contribution in [-0.2, 0) is 0 Å². The summed E-state index contributed by atoms with van der Waals surface area (Å²) in [6, 6.07) is 4.53. The lowest BCUT2D eigenvalue weighted by molar-refractivity contribution is 0.297. The highest BCUT2D eigenvalue weighted by atomic mass is 79.9. The van der Waals surface area contributed by atoms with Crippen LogP contribution in [0.2, 0.25) is 0 Å². The minimum absolute atomic E-state index is 0.113. The van der Waals surface area contributed by atoms with Crippen molar-refractivity contribution < 1.29 is 8.91 Å². The van der Waals surface area contributed by atoms with Crippen molar-refractivity contribution in [3.8, 4) is 11.4 Å². The maximum absolute atomic E-state index is 13.3. The van der Waals surface area contributed by atoms with Gasteiger partial charge in [-0.2, -0.15) is 4.98 Å². The summed E-state index contributed by atoms with van der Waals surface area (Å²) in [6.45, 7) is 0.964. The number of aromatic nitrogens is 2. The lowest BCUT2D eigenvalue weighted by atomic mass is 10.1. The van der Waals surface area contributed by atoms with E-state index in [9.17, 15) is 4.39 Å². The number of hydrogen-bond acceptors (Lipinski definition) is 4. The fraction of sp³-hybridized carbons (Fsp3) is 0.385. The SMILES string of the molecule is Fc1ccc(Br)c(-c2noc([C@@H]3CCCCN3)n2)c1. The quantitative estimate of drug-likeness (QED) is 0.918. The van der Waals surface area contributed by atoms with Gasteiger partial charge in [-0.05, 0) is 37.6 Å². The van der Waals surface area contributed by atoms with Crippen LogP contribution in [-0.4, -0.2) is 16.7 Å². The second-order valence-electron chi connectivity index (χ2n) is 4.58. The van der Waals surface area contributed by atoms with Crippen LogP contribution in [0, 0.1) is 5.82 Å². The molecule has 0 bridgehead atoms. The van der Waals surface area contributed by atoms with Gasteiger partial charge in [0.2, 0.25) is 11.7 Å². The molecular weight excluding hydrogens is 313 g/mol. The molecule has 1 saturated heterocycles. The second kappa shape index (κ2) is 5.38. The van der Waals surface area contributed by atoms with Gasteiger partial charge in [0.25, 0.3) is 0 Å². The Bertz CT molecular complexity index is 581. The summed E-state index contributed by atoms with van der Waals surface area (Å²) in [4.78, 5) is 4.37. The van der Waals surface area contributed by atoms with E-state index in [-0.39, 0.29) is 11.9 Å². The van der Waals surface area contributed by atoms with E-state index in [0.29, 0.717) is 17.3 Å². The molecule has 3 rings (SSSR count). The summed E-state index contributed by atoms with van der Waals surface area (Å²) >= 11 is 3.37. The molecule has 2 heterocycles. The Morgan fingerprint density at radius 2 is 2.26 bits per heavy atom. The van der Waals surface area contributed by atoms with E-state index in [1.165, 1.54) is 18.6 Å². The average molecular weight is 326 g/mol. The van der Waals surface area contributed by atoms with Crippen LogP contribution in [0.1, 0.15) is 31.2 Å². The molecule has 0 radical (unpaired) electrons. The second-order valence-corrected chi connectivity index (χ2v) is 5.44. The van der Waals surface area contributed by atoms with Gasteiger partial charge in [0.15, 0.2) is 0 Å². The van der Waals surface area contributed by atoms with Gasteiger partial charge in [0, 0.05) is 10.0 Å². The minimum atomic E-state index is -0.319. The van der Waals surface area contributed by atoms with E-state index >= 15 is 0 Å². The van der Waals surface area contributed by atoms with Crippen molar-refractivity contribution >= 4 is 15.9 Å². The number of piperidine rings is 1. The zero-order valence-corrected chi connectivity index (χ0v) is 11.8. The molecular formula is C13H13BrFN3O. The van der Waals surface area contributed by atoms with Crippen LogP contribution in [0.25, 0.3) is 11.4 Å². The first-order valence-corrected chi connectivity index (χ1v) is 7.06. The van der Waals surface area contributed by atoms with Crippen LogP contribution in [0.4, 0.5) is 4.39 Å². The predicted octanol–water partition coefficient (Wildman–Crippen LogP) is 3.45. The number of halogens is 2. The fourth-order valence-corrected chi connectivity index (χ4v) is 2.64. The summed E-state index contributed by atoms with van der Waals surface area (Å²) in [5.74, 6) is 0.667. The molecule has 0 saturated carbocycles. The smallest absolute Gasteiger partial charge is 0.244 e. The molecule has 1 aliphatic heterocycles. The maximum Gasteiger partial charge on any atom is 0.244 e. The van der Waals surface area contributed by atoms with Gasteiger partial charge in [-0.1, -0.05) is 27.5 Å². The summed E-state index contributed by atoms with van der Waals surface area (Å²) in [5.41, 5.74) is 0.603. The number of hydrogen-bond donors (Lipinski definition) is 1. The first-order valence-electron chi connectivity index (χ1n) is 6.26. The fourth-order valence-electron chi connectivity index (χ4n) is 2.22. The van der Waals surface area contributed by atoms with Crippen molar-refractivity contribution in [2.75, 3.05) is 6.54 Å². The molecule has 4 nitrogen and oxygen atoms in total. The number of rotatable bonds is 2. The van der Waals surface area contributed by atoms with Crippen molar-refractivity contribution in [1.29, 1.82) is 0 Å². The lowest BCUT2D eigenvalue weighted by Gasteiger charge is -2.19. The molecule has 0 spiro atoms. The third kappa shape index (κ3) is 2.69. The third-order valence-electron chi connectivity index (χ3n) is 3.22. The Morgan fingerprint density at radius 1 is 1.37 bits per heavy atom. The van der Waals surface area contributed by atoms with Gasteiger partial charge < -0.3 is 9.84 Å². The maximum atomic E-state index is 13.3. The van der Waals surface area contributed by atoms with E-state index in [4.69, 9.17) is 4.52 Å². The Kier molecular flexibility index (Phi) is 3.61. The molecule has 1 aliphatic rings. The monoisotopic (exact) mass is 325 g/mol. The van der Waals surface area contributed by atoms with Gasteiger partial charge >= 0.3 is 0 Å². The van der Waals surface area contributed by atoms with E-state index in [1.807, 2.05) is 0 Å². The molecule has 100 valence electrons. The Labute approximate surface area is 118 Å². The molecule has 19 heavy (non-hydrogen) atoms. The minimum Gasteiger partial charge on any atom is -0.337 e. The molecule has 1 aromatic carbocycles. The molecule has 0 amide bonds. The third-order valence-corrected chi connectivity index (χ3v) is 3.91. The van der Waals surface area contributed by atoms with Crippen LogP contribution < -0.4 is 5.32 Å². The highest BCUT2D eigenvalue weighted by Crippen LogP contribution is 2.29. The largest absolute Gasteiger partial charge is 0.337 e. The molecule has 1 aromatic heterocycles. The van der Waals surface area contributed by atoms with Crippen molar-refractivity contribution in [2.24, 2.45) is 0 Å². The Morgan fingerprint density at radius 3 is 3.05 bits per heavy atom. The first-order chi connectivity index (χ1) is 9.24. The lowest BCUT2D eigenvalue weighted by Crippen LogP contribution is -2.26. The highest BCUT2D eigenvalue weighted by Gasteiger charge is 2.22. The number of nitrogens with zero attached hydrogens (tertiary/aromatic N) is 2. The van der Waals surface area contributed by atoms with Gasteiger partial charge in [0.05, 0.1) is 6.04 Å².